The molecule has 5 heteroatoms. The van der Waals surface area contributed by atoms with E-state index in [1.165, 1.54) is 12.8 Å². The highest BCUT2D eigenvalue weighted by molar-refractivity contribution is 7.89. The zero-order valence-corrected chi connectivity index (χ0v) is 10.7. The number of nitrogens with one attached hydrogen (secondary N) is 2. The molecule has 4 nitrogen and oxygen atoms in total. The molecule has 0 rings (SSSR count). The summed E-state index contributed by atoms with van der Waals surface area (Å²) in [5.41, 5.74) is 0. The van der Waals surface area contributed by atoms with Crippen LogP contribution in [-0.2, 0) is 10.0 Å². The van der Waals surface area contributed by atoms with E-state index < -0.39 is 10.0 Å². The van der Waals surface area contributed by atoms with Crippen molar-refractivity contribution in [1.82, 2.24) is 10.0 Å². The third kappa shape index (κ3) is 10.2. The molecule has 92 valence electrons. The minimum atomic E-state index is -3.05. The predicted octanol–water partition coefficient (Wildman–Crippen LogP) is 1.10. The fraction of sp³-hybridized carbons (Fsp3) is 1.00. The van der Waals surface area contributed by atoms with Gasteiger partial charge in [-0.2, -0.15) is 0 Å². The average Bonchev–Trinajstić information content (AvgIpc) is 2.17. The van der Waals surface area contributed by atoms with Crippen LogP contribution in [0.2, 0.25) is 0 Å². The summed E-state index contributed by atoms with van der Waals surface area (Å²) in [5.74, 6) is 0.175. The fourth-order valence-electron chi connectivity index (χ4n) is 1.23. The summed E-state index contributed by atoms with van der Waals surface area (Å²) in [6, 6.07) is 0. The Hall–Kier alpha value is -0.130. The van der Waals surface area contributed by atoms with Gasteiger partial charge in [0.05, 0.1) is 5.75 Å². The lowest BCUT2D eigenvalue weighted by Crippen LogP contribution is -2.32. The molecule has 0 aromatic rings. The van der Waals surface area contributed by atoms with Crippen LogP contribution in [0.3, 0.4) is 0 Å². The molecule has 0 heterocycles. The van der Waals surface area contributed by atoms with Crippen molar-refractivity contribution in [3.8, 4) is 0 Å². The summed E-state index contributed by atoms with van der Waals surface area (Å²) >= 11 is 0. The van der Waals surface area contributed by atoms with Gasteiger partial charge < -0.3 is 5.32 Å². The Morgan fingerprint density at radius 2 is 1.73 bits per heavy atom. The summed E-state index contributed by atoms with van der Waals surface area (Å²) < 4.78 is 25.4. The smallest absolute Gasteiger partial charge is 0.212 e. The first-order valence-corrected chi connectivity index (χ1v) is 7.45. The second-order valence-electron chi connectivity index (χ2n) is 3.63. The van der Waals surface area contributed by atoms with Crippen molar-refractivity contribution >= 4 is 10.0 Å². The molecule has 0 aliphatic rings. The van der Waals surface area contributed by atoms with Crippen LogP contribution in [0.25, 0.3) is 0 Å². The van der Waals surface area contributed by atoms with E-state index in [2.05, 4.69) is 17.0 Å². The maximum atomic E-state index is 11.4. The minimum Gasteiger partial charge on any atom is -0.316 e. The Kier molecular flexibility index (Phi) is 9.04. The van der Waals surface area contributed by atoms with Gasteiger partial charge in [-0.15, -0.1) is 0 Å². The molecule has 0 aromatic carbocycles. The number of unbranched alkanes of at least 4 members (excludes halogenated alkanes) is 3. The number of hydrogen-bond acceptors (Lipinski definition) is 3. The summed E-state index contributed by atoms with van der Waals surface area (Å²) in [4.78, 5) is 0. The molecular formula is C10H24N2O2S. The zero-order chi connectivity index (χ0) is 11.6. The molecule has 0 amide bonds. The highest BCUT2D eigenvalue weighted by Crippen LogP contribution is 1.97. The maximum Gasteiger partial charge on any atom is 0.212 e. The van der Waals surface area contributed by atoms with Gasteiger partial charge >= 0.3 is 0 Å². The van der Waals surface area contributed by atoms with Crippen molar-refractivity contribution in [2.24, 2.45) is 0 Å². The second-order valence-corrected chi connectivity index (χ2v) is 5.55. The van der Waals surface area contributed by atoms with Gasteiger partial charge in [0.25, 0.3) is 0 Å². The second kappa shape index (κ2) is 9.12. The lowest BCUT2D eigenvalue weighted by Gasteiger charge is -2.06. The molecule has 2 N–H and O–H groups in total. The Morgan fingerprint density at radius 3 is 2.33 bits per heavy atom. The van der Waals surface area contributed by atoms with Gasteiger partial charge in [0.1, 0.15) is 0 Å². The minimum absolute atomic E-state index is 0.175. The molecule has 0 spiro atoms. The highest BCUT2D eigenvalue weighted by Gasteiger charge is 2.07. The first-order valence-electron chi connectivity index (χ1n) is 5.80. The first-order chi connectivity index (χ1) is 7.12. The molecule has 0 saturated heterocycles. The lowest BCUT2D eigenvalue weighted by molar-refractivity contribution is 0.570. The van der Waals surface area contributed by atoms with Crippen LogP contribution in [0.15, 0.2) is 0 Å². The Bertz CT molecular complexity index is 228. The van der Waals surface area contributed by atoms with Gasteiger partial charge in [0.15, 0.2) is 0 Å². The molecule has 0 atom stereocenters. The summed E-state index contributed by atoms with van der Waals surface area (Å²) in [7, 11) is -3.05. The quantitative estimate of drug-likeness (QED) is 0.558. The van der Waals surface area contributed by atoms with Crippen LogP contribution in [0, 0.1) is 0 Å². The van der Waals surface area contributed by atoms with E-state index in [-0.39, 0.29) is 5.75 Å². The van der Waals surface area contributed by atoms with E-state index in [1.54, 1.807) is 0 Å². The Balaban J connectivity index is 3.47. The van der Waals surface area contributed by atoms with Crippen LogP contribution in [0.5, 0.6) is 0 Å². The zero-order valence-electron chi connectivity index (χ0n) is 9.88. The van der Waals surface area contributed by atoms with E-state index in [0.717, 1.165) is 19.4 Å². The van der Waals surface area contributed by atoms with E-state index >= 15 is 0 Å². The number of rotatable bonds is 10. The fourth-order valence-corrected chi connectivity index (χ4v) is 2.25. The van der Waals surface area contributed by atoms with Crippen LogP contribution < -0.4 is 10.0 Å². The summed E-state index contributed by atoms with van der Waals surface area (Å²) in [6.45, 7) is 6.02. The lowest BCUT2D eigenvalue weighted by atomic mass is 10.2. The van der Waals surface area contributed by atoms with Gasteiger partial charge in [-0.1, -0.05) is 33.1 Å². The van der Waals surface area contributed by atoms with Gasteiger partial charge in [0.2, 0.25) is 10.0 Å². The normalized spacial score (nSPS) is 11.9. The molecular weight excluding hydrogens is 212 g/mol. The van der Waals surface area contributed by atoms with Gasteiger partial charge in [0, 0.05) is 13.1 Å². The van der Waals surface area contributed by atoms with Crippen molar-refractivity contribution in [2.75, 3.05) is 25.4 Å². The molecule has 0 radical (unpaired) electrons. The van der Waals surface area contributed by atoms with Crippen LogP contribution in [0.1, 0.15) is 39.5 Å². The number of sulfonamides is 1. The standard InChI is InChI=1S/C10H24N2O2S/c1-3-5-6-7-8-12-15(13,14)10-9-11-4-2/h11-12H,3-10H2,1-2H3. The van der Waals surface area contributed by atoms with E-state index in [9.17, 15) is 8.42 Å². The first kappa shape index (κ1) is 14.9. The Morgan fingerprint density at radius 1 is 1.00 bits per heavy atom. The Labute approximate surface area is 93.9 Å². The monoisotopic (exact) mass is 236 g/mol. The van der Waals surface area contributed by atoms with Gasteiger partial charge in [-0.05, 0) is 13.0 Å². The highest BCUT2D eigenvalue weighted by atomic mass is 32.2. The molecule has 0 aliphatic heterocycles. The van der Waals surface area contributed by atoms with Gasteiger partial charge in [-0.3, -0.25) is 0 Å². The molecule has 0 bridgehead atoms. The number of hydrogen-bond donors (Lipinski definition) is 2. The largest absolute Gasteiger partial charge is 0.316 e. The van der Waals surface area contributed by atoms with Crippen molar-refractivity contribution in [1.29, 1.82) is 0 Å². The topological polar surface area (TPSA) is 58.2 Å². The van der Waals surface area contributed by atoms with E-state index in [4.69, 9.17) is 0 Å². The van der Waals surface area contributed by atoms with E-state index in [0.29, 0.717) is 13.1 Å². The van der Waals surface area contributed by atoms with Crippen molar-refractivity contribution in [3.05, 3.63) is 0 Å². The molecule has 15 heavy (non-hydrogen) atoms. The van der Waals surface area contributed by atoms with Gasteiger partial charge in [-0.25, -0.2) is 13.1 Å². The SMILES string of the molecule is CCCCCCNS(=O)(=O)CCNCC. The van der Waals surface area contributed by atoms with Crippen molar-refractivity contribution in [3.63, 3.8) is 0 Å². The summed E-state index contributed by atoms with van der Waals surface area (Å²) in [6.07, 6.45) is 4.40. The molecule has 0 saturated carbocycles. The molecule has 0 unspecified atom stereocenters. The van der Waals surface area contributed by atoms with E-state index in [1.807, 2.05) is 6.92 Å². The average molecular weight is 236 g/mol. The predicted molar refractivity (Wildman–Crippen MR) is 64.5 cm³/mol. The third-order valence-electron chi connectivity index (χ3n) is 2.15. The maximum absolute atomic E-state index is 11.4. The van der Waals surface area contributed by atoms with Crippen LogP contribution >= 0.6 is 0 Å². The van der Waals surface area contributed by atoms with Crippen LogP contribution in [-0.4, -0.2) is 33.8 Å². The van der Waals surface area contributed by atoms with Crippen molar-refractivity contribution < 1.29 is 8.42 Å². The van der Waals surface area contributed by atoms with Crippen molar-refractivity contribution in [2.45, 2.75) is 39.5 Å². The molecule has 0 fully saturated rings. The molecule has 0 aromatic heterocycles. The molecule has 0 aliphatic carbocycles. The van der Waals surface area contributed by atoms with Crippen LogP contribution in [0.4, 0.5) is 0 Å². The summed E-state index contributed by atoms with van der Waals surface area (Å²) in [5, 5.41) is 3.00. The third-order valence-corrected chi connectivity index (χ3v) is 3.54.